The first-order valence-corrected chi connectivity index (χ1v) is 7.54. The average molecular weight is 326 g/mol. The highest BCUT2D eigenvalue weighted by Gasteiger charge is 2.22. The van der Waals surface area contributed by atoms with Crippen LogP contribution < -0.4 is 10.5 Å². The van der Waals surface area contributed by atoms with E-state index in [0.717, 1.165) is 20.8 Å². The molecule has 1 aromatic carbocycles. The summed E-state index contributed by atoms with van der Waals surface area (Å²) in [7, 11) is 0. The molecule has 18 heavy (non-hydrogen) atoms. The lowest BCUT2D eigenvalue weighted by molar-refractivity contribution is 0.174. The van der Waals surface area contributed by atoms with Crippen LogP contribution in [-0.4, -0.2) is 6.04 Å². The summed E-state index contributed by atoms with van der Waals surface area (Å²) in [6, 6.07) is 13.9. The fourth-order valence-electron chi connectivity index (χ4n) is 1.70. The van der Waals surface area contributed by atoms with Crippen LogP contribution in [0.25, 0.3) is 0 Å². The lowest BCUT2D eigenvalue weighted by atomic mass is 10.1. The van der Waals surface area contributed by atoms with Gasteiger partial charge in [-0.25, -0.2) is 0 Å². The highest BCUT2D eigenvalue weighted by atomic mass is 79.9. The van der Waals surface area contributed by atoms with Crippen LogP contribution in [0, 0.1) is 0 Å². The topological polar surface area (TPSA) is 35.2 Å². The Morgan fingerprint density at radius 3 is 2.50 bits per heavy atom. The van der Waals surface area contributed by atoms with Gasteiger partial charge in [-0.05, 0) is 46.6 Å². The minimum atomic E-state index is -0.0892. The van der Waals surface area contributed by atoms with E-state index >= 15 is 0 Å². The number of rotatable bonds is 5. The lowest BCUT2D eigenvalue weighted by Crippen LogP contribution is -2.30. The van der Waals surface area contributed by atoms with Gasteiger partial charge in [-0.3, -0.25) is 0 Å². The van der Waals surface area contributed by atoms with Crippen LogP contribution in [0.3, 0.4) is 0 Å². The van der Waals surface area contributed by atoms with Crippen molar-refractivity contribution in [2.75, 3.05) is 0 Å². The highest BCUT2D eigenvalue weighted by Crippen LogP contribution is 2.32. The van der Waals surface area contributed by atoms with Crippen LogP contribution >= 0.6 is 27.3 Å². The summed E-state index contributed by atoms with van der Waals surface area (Å²) in [5, 5.41) is 0. The molecule has 0 aliphatic carbocycles. The maximum Gasteiger partial charge on any atom is 0.148 e. The molecule has 0 bridgehead atoms. The molecule has 2 nitrogen and oxygen atoms in total. The standard InChI is InChI=1S/C14H16BrNOS/c1-2-11(16)14(12-8-9-13(15)18-12)17-10-6-4-3-5-7-10/h3-9,11,14H,2,16H2,1H3. The van der Waals surface area contributed by atoms with Gasteiger partial charge in [-0.1, -0.05) is 25.1 Å². The molecule has 0 spiro atoms. The predicted octanol–water partition coefficient (Wildman–Crippen LogP) is 4.37. The number of hydrogen-bond donors (Lipinski definition) is 1. The molecule has 2 aromatic rings. The first kappa shape index (κ1) is 13.6. The Hall–Kier alpha value is -0.840. The quantitative estimate of drug-likeness (QED) is 0.885. The van der Waals surface area contributed by atoms with Gasteiger partial charge in [0.1, 0.15) is 11.9 Å². The van der Waals surface area contributed by atoms with Crippen molar-refractivity contribution in [3.63, 3.8) is 0 Å². The van der Waals surface area contributed by atoms with Crippen molar-refractivity contribution >= 4 is 27.3 Å². The number of thiophene rings is 1. The third-order valence-corrected chi connectivity index (χ3v) is 4.43. The van der Waals surface area contributed by atoms with Crippen LogP contribution in [0.15, 0.2) is 46.3 Å². The second-order valence-electron chi connectivity index (χ2n) is 4.07. The monoisotopic (exact) mass is 325 g/mol. The highest BCUT2D eigenvalue weighted by molar-refractivity contribution is 9.11. The number of benzene rings is 1. The maximum absolute atomic E-state index is 6.17. The predicted molar refractivity (Wildman–Crippen MR) is 80.1 cm³/mol. The lowest BCUT2D eigenvalue weighted by Gasteiger charge is -2.23. The molecule has 2 unspecified atom stereocenters. The molecular weight excluding hydrogens is 310 g/mol. The second-order valence-corrected chi connectivity index (χ2v) is 6.56. The summed E-state index contributed by atoms with van der Waals surface area (Å²) in [5.41, 5.74) is 6.17. The Balaban J connectivity index is 2.21. The molecule has 0 aliphatic heterocycles. The normalized spacial score (nSPS) is 14.2. The van der Waals surface area contributed by atoms with Gasteiger partial charge in [0, 0.05) is 10.9 Å². The zero-order valence-corrected chi connectivity index (χ0v) is 12.6. The Bertz CT molecular complexity index is 486. The van der Waals surface area contributed by atoms with Gasteiger partial charge in [0.2, 0.25) is 0 Å². The van der Waals surface area contributed by atoms with E-state index in [9.17, 15) is 0 Å². The van der Waals surface area contributed by atoms with Gasteiger partial charge < -0.3 is 10.5 Å². The van der Waals surface area contributed by atoms with Crippen molar-refractivity contribution in [2.45, 2.75) is 25.5 Å². The van der Waals surface area contributed by atoms with E-state index < -0.39 is 0 Å². The second kappa shape index (κ2) is 6.36. The largest absolute Gasteiger partial charge is 0.483 e. The summed E-state index contributed by atoms with van der Waals surface area (Å²) in [6.07, 6.45) is 0.793. The molecule has 2 atom stereocenters. The van der Waals surface area contributed by atoms with Crippen molar-refractivity contribution in [1.29, 1.82) is 0 Å². The molecule has 96 valence electrons. The Morgan fingerprint density at radius 1 is 1.22 bits per heavy atom. The molecule has 0 fully saturated rings. The molecule has 0 radical (unpaired) electrons. The minimum absolute atomic E-state index is 0.00393. The van der Waals surface area contributed by atoms with Crippen LogP contribution in [-0.2, 0) is 0 Å². The minimum Gasteiger partial charge on any atom is -0.483 e. The SMILES string of the molecule is CCC(N)C(Oc1ccccc1)c1ccc(Br)s1. The summed E-state index contributed by atoms with van der Waals surface area (Å²) in [4.78, 5) is 1.15. The van der Waals surface area contributed by atoms with Crippen LogP contribution in [0.1, 0.15) is 24.3 Å². The number of ether oxygens (including phenoxy) is 1. The molecule has 1 aromatic heterocycles. The van der Waals surface area contributed by atoms with E-state index in [1.807, 2.05) is 36.4 Å². The van der Waals surface area contributed by atoms with Gasteiger partial charge >= 0.3 is 0 Å². The van der Waals surface area contributed by atoms with Crippen LogP contribution in [0.2, 0.25) is 0 Å². The van der Waals surface area contributed by atoms with Crippen molar-refractivity contribution in [2.24, 2.45) is 5.73 Å². The maximum atomic E-state index is 6.17. The van der Waals surface area contributed by atoms with E-state index in [1.165, 1.54) is 0 Å². The van der Waals surface area contributed by atoms with Crippen molar-refractivity contribution in [3.05, 3.63) is 51.1 Å². The van der Waals surface area contributed by atoms with Crippen molar-refractivity contribution in [3.8, 4) is 5.75 Å². The molecule has 2 N–H and O–H groups in total. The van der Waals surface area contributed by atoms with E-state index in [4.69, 9.17) is 10.5 Å². The summed E-state index contributed by atoms with van der Waals surface area (Å²) >= 11 is 5.15. The molecule has 0 saturated carbocycles. The third kappa shape index (κ3) is 3.34. The van der Waals surface area contributed by atoms with E-state index in [-0.39, 0.29) is 12.1 Å². The van der Waals surface area contributed by atoms with Crippen LogP contribution in [0.5, 0.6) is 5.75 Å². The molecular formula is C14H16BrNOS. The summed E-state index contributed by atoms with van der Waals surface area (Å²) < 4.78 is 7.13. The van der Waals surface area contributed by atoms with Gasteiger partial charge in [0.05, 0.1) is 3.79 Å². The Morgan fingerprint density at radius 2 is 1.94 bits per heavy atom. The van der Waals surface area contributed by atoms with Crippen LogP contribution in [0.4, 0.5) is 0 Å². The third-order valence-electron chi connectivity index (χ3n) is 2.74. The van der Waals surface area contributed by atoms with E-state index in [1.54, 1.807) is 11.3 Å². The average Bonchev–Trinajstić information content (AvgIpc) is 2.83. The van der Waals surface area contributed by atoms with Crippen molar-refractivity contribution in [1.82, 2.24) is 0 Å². The summed E-state index contributed by atoms with van der Waals surface area (Å²) in [6.45, 7) is 2.08. The zero-order chi connectivity index (χ0) is 13.0. The molecule has 0 aliphatic rings. The number of nitrogens with two attached hydrogens (primary N) is 1. The van der Waals surface area contributed by atoms with Gasteiger partial charge in [-0.15, -0.1) is 11.3 Å². The first-order chi connectivity index (χ1) is 8.70. The Labute approximate surface area is 120 Å². The summed E-state index contributed by atoms with van der Waals surface area (Å²) in [5.74, 6) is 0.857. The smallest absolute Gasteiger partial charge is 0.148 e. The van der Waals surface area contributed by atoms with Gasteiger partial charge in [-0.2, -0.15) is 0 Å². The number of halogens is 1. The molecule has 2 rings (SSSR count). The fourth-order valence-corrected chi connectivity index (χ4v) is 3.23. The number of hydrogen-bond acceptors (Lipinski definition) is 3. The zero-order valence-electron chi connectivity index (χ0n) is 10.2. The molecule has 0 saturated heterocycles. The van der Waals surface area contributed by atoms with Gasteiger partial charge in [0.15, 0.2) is 0 Å². The number of para-hydroxylation sites is 1. The van der Waals surface area contributed by atoms with E-state index in [2.05, 4.69) is 28.9 Å². The first-order valence-electron chi connectivity index (χ1n) is 5.93. The fraction of sp³-hybridized carbons (Fsp3) is 0.286. The Kier molecular flexibility index (Phi) is 4.80. The molecule has 0 amide bonds. The molecule has 1 heterocycles. The van der Waals surface area contributed by atoms with Crippen molar-refractivity contribution < 1.29 is 4.74 Å². The molecule has 4 heteroatoms. The van der Waals surface area contributed by atoms with Gasteiger partial charge in [0.25, 0.3) is 0 Å². The van der Waals surface area contributed by atoms with E-state index in [0.29, 0.717) is 0 Å².